The van der Waals surface area contributed by atoms with Gasteiger partial charge in [-0.2, -0.15) is 0 Å². The smallest absolute Gasteiger partial charge is 0.264 e. The lowest BCUT2D eigenvalue weighted by atomic mass is 10.1. The summed E-state index contributed by atoms with van der Waals surface area (Å²) in [5, 5.41) is 3.10. The molecule has 0 spiro atoms. The van der Waals surface area contributed by atoms with Gasteiger partial charge >= 0.3 is 0 Å². The van der Waals surface area contributed by atoms with Crippen LogP contribution in [0.4, 0.5) is 5.69 Å². The Morgan fingerprint density at radius 3 is 2.08 bits per heavy atom. The van der Waals surface area contributed by atoms with Crippen LogP contribution in [0.15, 0.2) is 77.7 Å². The fourth-order valence-corrected chi connectivity index (χ4v) is 6.47. The summed E-state index contributed by atoms with van der Waals surface area (Å²) in [6.07, 6.45) is 4.02. The standard InChI is InChI=1S/C32H39N3O4S/c1-23-12-16-29(17-13-23)35(40(38,39)30-18-14-24(2)15-19-30)22-31(36)34(21-27-9-7-8-25(3)20-27)26(4)32(37)33-28-10-5-6-11-28/h7-9,12-20,26,28H,5-6,10-11,21-22H2,1-4H3,(H,33,37). The van der Waals surface area contributed by atoms with Gasteiger partial charge in [0.1, 0.15) is 12.6 Å². The Morgan fingerprint density at radius 2 is 1.48 bits per heavy atom. The molecule has 1 N–H and O–H groups in total. The number of amides is 2. The van der Waals surface area contributed by atoms with Gasteiger partial charge in [-0.25, -0.2) is 8.42 Å². The Balaban J connectivity index is 1.68. The molecule has 0 radical (unpaired) electrons. The van der Waals surface area contributed by atoms with Crippen LogP contribution in [0.1, 0.15) is 54.9 Å². The Labute approximate surface area is 238 Å². The lowest BCUT2D eigenvalue weighted by Gasteiger charge is -2.32. The largest absolute Gasteiger partial charge is 0.352 e. The van der Waals surface area contributed by atoms with Crippen molar-refractivity contribution in [3.8, 4) is 0 Å². The molecule has 7 nitrogen and oxygen atoms in total. The molecule has 1 aliphatic carbocycles. The molecular formula is C32H39N3O4S. The second kappa shape index (κ2) is 12.7. The van der Waals surface area contributed by atoms with E-state index < -0.39 is 28.5 Å². The first-order chi connectivity index (χ1) is 19.0. The van der Waals surface area contributed by atoms with Crippen LogP contribution in [0.2, 0.25) is 0 Å². The molecular weight excluding hydrogens is 522 g/mol. The van der Waals surface area contributed by atoms with Crippen LogP contribution in [0, 0.1) is 20.8 Å². The maximum atomic E-state index is 14.0. The first kappa shape index (κ1) is 29.3. The minimum atomic E-state index is -4.07. The number of nitrogens with one attached hydrogen (secondary N) is 1. The van der Waals surface area contributed by atoms with Crippen molar-refractivity contribution >= 4 is 27.5 Å². The molecule has 0 bridgehead atoms. The lowest BCUT2D eigenvalue weighted by Crippen LogP contribution is -2.52. The molecule has 1 aliphatic rings. The van der Waals surface area contributed by atoms with Crippen LogP contribution < -0.4 is 9.62 Å². The van der Waals surface area contributed by atoms with E-state index in [1.54, 1.807) is 43.3 Å². The molecule has 4 rings (SSSR count). The molecule has 0 aliphatic heterocycles. The van der Waals surface area contributed by atoms with E-state index in [1.165, 1.54) is 4.90 Å². The van der Waals surface area contributed by atoms with Crippen LogP contribution >= 0.6 is 0 Å². The van der Waals surface area contributed by atoms with E-state index in [0.717, 1.165) is 52.2 Å². The molecule has 0 heterocycles. The monoisotopic (exact) mass is 561 g/mol. The SMILES string of the molecule is Cc1ccc(N(CC(=O)N(Cc2cccc(C)c2)C(C)C(=O)NC2CCCC2)S(=O)(=O)c2ccc(C)cc2)cc1. The number of hydrogen-bond acceptors (Lipinski definition) is 4. The van der Waals surface area contributed by atoms with Gasteiger partial charge in [0.25, 0.3) is 10.0 Å². The molecule has 1 saturated carbocycles. The summed E-state index contributed by atoms with van der Waals surface area (Å²) in [5.74, 6) is -0.678. The van der Waals surface area contributed by atoms with Gasteiger partial charge in [0.05, 0.1) is 10.6 Å². The van der Waals surface area contributed by atoms with Gasteiger partial charge < -0.3 is 10.2 Å². The highest BCUT2D eigenvalue weighted by Gasteiger charge is 2.33. The van der Waals surface area contributed by atoms with Crippen molar-refractivity contribution in [3.05, 3.63) is 95.1 Å². The minimum Gasteiger partial charge on any atom is -0.352 e. The van der Waals surface area contributed by atoms with Crippen molar-refractivity contribution < 1.29 is 18.0 Å². The van der Waals surface area contributed by atoms with Crippen molar-refractivity contribution in [2.45, 2.75) is 76.9 Å². The molecule has 1 atom stereocenters. The van der Waals surface area contributed by atoms with E-state index in [2.05, 4.69) is 5.32 Å². The number of hydrogen-bond donors (Lipinski definition) is 1. The highest BCUT2D eigenvalue weighted by Crippen LogP contribution is 2.26. The summed E-state index contributed by atoms with van der Waals surface area (Å²) in [7, 11) is -4.07. The quantitative estimate of drug-likeness (QED) is 0.365. The van der Waals surface area contributed by atoms with Crippen molar-refractivity contribution in [3.63, 3.8) is 0 Å². The highest BCUT2D eigenvalue weighted by molar-refractivity contribution is 7.92. The average molecular weight is 562 g/mol. The zero-order valence-electron chi connectivity index (χ0n) is 23.8. The molecule has 40 heavy (non-hydrogen) atoms. The number of benzene rings is 3. The van der Waals surface area contributed by atoms with Crippen LogP contribution in [0.5, 0.6) is 0 Å². The zero-order chi connectivity index (χ0) is 28.9. The summed E-state index contributed by atoms with van der Waals surface area (Å²) < 4.78 is 28.9. The second-order valence-corrected chi connectivity index (χ2v) is 12.7. The lowest BCUT2D eigenvalue weighted by molar-refractivity contribution is -0.139. The van der Waals surface area contributed by atoms with Gasteiger partial charge in [0.2, 0.25) is 11.8 Å². The third-order valence-corrected chi connectivity index (χ3v) is 9.30. The fraction of sp³-hybridized carbons (Fsp3) is 0.375. The second-order valence-electron chi connectivity index (χ2n) is 10.8. The van der Waals surface area contributed by atoms with E-state index in [0.29, 0.717) is 5.69 Å². The van der Waals surface area contributed by atoms with E-state index in [1.807, 2.05) is 57.2 Å². The number of carbonyl (C=O) groups excluding carboxylic acids is 2. The van der Waals surface area contributed by atoms with Crippen LogP contribution in [-0.2, 0) is 26.2 Å². The van der Waals surface area contributed by atoms with E-state index in [4.69, 9.17) is 0 Å². The van der Waals surface area contributed by atoms with E-state index in [9.17, 15) is 18.0 Å². The molecule has 3 aromatic carbocycles. The topological polar surface area (TPSA) is 86.8 Å². The van der Waals surface area contributed by atoms with Crippen molar-refractivity contribution in [2.24, 2.45) is 0 Å². The number of anilines is 1. The number of sulfonamides is 1. The molecule has 1 fully saturated rings. The van der Waals surface area contributed by atoms with Gasteiger partial charge in [-0.05, 0) is 70.4 Å². The maximum Gasteiger partial charge on any atom is 0.264 e. The predicted molar refractivity (Wildman–Crippen MR) is 158 cm³/mol. The Hall–Kier alpha value is -3.65. The number of aryl methyl sites for hydroxylation is 3. The Bertz CT molecular complexity index is 1430. The van der Waals surface area contributed by atoms with Gasteiger partial charge in [0.15, 0.2) is 0 Å². The van der Waals surface area contributed by atoms with Crippen LogP contribution in [0.3, 0.4) is 0 Å². The van der Waals surface area contributed by atoms with Crippen molar-refractivity contribution in [1.29, 1.82) is 0 Å². The van der Waals surface area contributed by atoms with Gasteiger partial charge in [-0.3, -0.25) is 13.9 Å². The molecule has 8 heteroatoms. The van der Waals surface area contributed by atoms with E-state index in [-0.39, 0.29) is 23.4 Å². The Morgan fingerprint density at radius 1 is 0.875 bits per heavy atom. The average Bonchev–Trinajstić information content (AvgIpc) is 3.44. The summed E-state index contributed by atoms with van der Waals surface area (Å²) >= 11 is 0. The molecule has 2 amide bonds. The van der Waals surface area contributed by atoms with Crippen LogP contribution in [-0.4, -0.2) is 43.8 Å². The molecule has 212 valence electrons. The van der Waals surface area contributed by atoms with Gasteiger partial charge in [-0.1, -0.05) is 78.1 Å². The number of nitrogens with zero attached hydrogens (tertiary/aromatic N) is 2. The first-order valence-electron chi connectivity index (χ1n) is 13.9. The third-order valence-electron chi connectivity index (χ3n) is 7.51. The molecule has 0 aromatic heterocycles. The molecule has 3 aromatic rings. The summed E-state index contributed by atoms with van der Waals surface area (Å²) in [6.45, 7) is 7.24. The minimum absolute atomic E-state index is 0.101. The van der Waals surface area contributed by atoms with Crippen LogP contribution in [0.25, 0.3) is 0 Å². The third kappa shape index (κ3) is 7.10. The number of rotatable bonds is 10. The zero-order valence-corrected chi connectivity index (χ0v) is 24.6. The van der Waals surface area contributed by atoms with Crippen molar-refractivity contribution in [1.82, 2.24) is 10.2 Å². The van der Waals surface area contributed by atoms with E-state index >= 15 is 0 Å². The molecule has 0 saturated heterocycles. The summed E-state index contributed by atoms with van der Waals surface area (Å²) in [5.41, 5.74) is 4.20. The summed E-state index contributed by atoms with van der Waals surface area (Å²) in [4.78, 5) is 28.9. The van der Waals surface area contributed by atoms with Crippen molar-refractivity contribution in [2.75, 3.05) is 10.8 Å². The Kier molecular flexibility index (Phi) is 9.30. The first-order valence-corrected chi connectivity index (χ1v) is 15.3. The number of carbonyl (C=O) groups is 2. The maximum absolute atomic E-state index is 14.0. The normalized spacial score (nSPS) is 14.5. The summed E-state index contributed by atoms with van der Waals surface area (Å²) in [6, 6.07) is 20.7. The van der Waals surface area contributed by atoms with Gasteiger partial charge in [0, 0.05) is 12.6 Å². The molecule has 1 unspecified atom stereocenters. The van der Waals surface area contributed by atoms with Gasteiger partial charge in [-0.15, -0.1) is 0 Å². The predicted octanol–water partition coefficient (Wildman–Crippen LogP) is 5.28. The highest BCUT2D eigenvalue weighted by atomic mass is 32.2. The fourth-order valence-electron chi connectivity index (χ4n) is 5.06.